The molecule has 0 radical (unpaired) electrons. The fourth-order valence-corrected chi connectivity index (χ4v) is 3.27. The van der Waals surface area contributed by atoms with Crippen LogP contribution < -0.4 is 5.56 Å². The molecule has 0 atom stereocenters. The van der Waals surface area contributed by atoms with Gasteiger partial charge in [0.15, 0.2) is 0 Å². The predicted octanol–water partition coefficient (Wildman–Crippen LogP) is 1.79. The summed E-state index contributed by atoms with van der Waals surface area (Å²) in [6, 6.07) is 3.88. The Morgan fingerprint density at radius 2 is 1.96 bits per heavy atom. The first-order valence-electron chi connectivity index (χ1n) is 9.00. The summed E-state index contributed by atoms with van der Waals surface area (Å²) in [5, 5.41) is 0. The molecule has 6 heteroatoms. The van der Waals surface area contributed by atoms with Gasteiger partial charge in [0.05, 0.1) is 11.0 Å². The van der Waals surface area contributed by atoms with Gasteiger partial charge in [-0.15, -0.1) is 0 Å². The lowest BCUT2D eigenvalue weighted by Crippen LogP contribution is -2.49. The molecule has 0 aliphatic carbocycles. The van der Waals surface area contributed by atoms with Crippen LogP contribution in [0.1, 0.15) is 31.9 Å². The lowest BCUT2D eigenvalue weighted by atomic mass is 10.1. The van der Waals surface area contributed by atoms with Crippen molar-refractivity contribution in [3.8, 4) is 0 Å². The highest BCUT2D eigenvalue weighted by molar-refractivity contribution is 5.78. The van der Waals surface area contributed by atoms with Crippen molar-refractivity contribution in [3.63, 3.8) is 0 Å². The number of aromatic nitrogens is 2. The van der Waals surface area contributed by atoms with Crippen molar-refractivity contribution < 1.29 is 4.79 Å². The molecule has 134 valence electrons. The van der Waals surface area contributed by atoms with E-state index in [9.17, 15) is 9.59 Å². The van der Waals surface area contributed by atoms with Gasteiger partial charge in [-0.2, -0.15) is 0 Å². The Balaban J connectivity index is 1.68. The van der Waals surface area contributed by atoms with E-state index >= 15 is 0 Å². The monoisotopic (exact) mass is 342 g/mol. The van der Waals surface area contributed by atoms with Gasteiger partial charge in [0.1, 0.15) is 0 Å². The zero-order chi connectivity index (χ0) is 18.0. The van der Waals surface area contributed by atoms with E-state index in [1.165, 1.54) is 0 Å². The highest BCUT2D eigenvalue weighted by Gasteiger charge is 2.22. The Morgan fingerprint density at radius 3 is 2.60 bits per heavy atom. The van der Waals surface area contributed by atoms with E-state index in [0.717, 1.165) is 54.9 Å². The van der Waals surface area contributed by atoms with E-state index in [4.69, 9.17) is 0 Å². The van der Waals surface area contributed by atoms with E-state index < -0.39 is 0 Å². The molecule has 0 spiro atoms. The summed E-state index contributed by atoms with van der Waals surface area (Å²) in [6.45, 7) is 9.91. The van der Waals surface area contributed by atoms with Crippen molar-refractivity contribution in [2.75, 3.05) is 26.2 Å². The van der Waals surface area contributed by atoms with Crippen molar-refractivity contribution in [2.45, 2.75) is 33.7 Å². The number of carbonyl (C=O) groups excluding carboxylic acids is 1. The summed E-state index contributed by atoms with van der Waals surface area (Å²) in [6.07, 6.45) is 2.58. The van der Waals surface area contributed by atoms with Crippen LogP contribution in [0.25, 0.3) is 11.0 Å². The summed E-state index contributed by atoms with van der Waals surface area (Å²) < 4.78 is 0. The Kier molecular flexibility index (Phi) is 5.18. The normalized spacial score (nSPS) is 15.9. The van der Waals surface area contributed by atoms with Crippen molar-refractivity contribution in [3.05, 3.63) is 39.8 Å². The maximum absolute atomic E-state index is 12.1. The third-order valence-corrected chi connectivity index (χ3v) is 4.79. The van der Waals surface area contributed by atoms with Crippen molar-refractivity contribution in [1.82, 2.24) is 19.8 Å². The van der Waals surface area contributed by atoms with Gasteiger partial charge in [-0.3, -0.25) is 19.5 Å². The number of H-pyrrole nitrogens is 1. The molecule has 1 saturated heterocycles. The smallest absolute Gasteiger partial charge is 0.251 e. The highest BCUT2D eigenvalue weighted by atomic mass is 16.2. The molecule has 1 N–H and O–H groups in total. The number of amides is 1. The number of pyridine rings is 2. The van der Waals surface area contributed by atoms with E-state index in [1.807, 2.05) is 44.0 Å². The first kappa shape index (κ1) is 17.6. The van der Waals surface area contributed by atoms with Gasteiger partial charge in [-0.1, -0.05) is 20.8 Å². The Morgan fingerprint density at radius 1 is 1.24 bits per heavy atom. The molecule has 3 heterocycles. The average Bonchev–Trinajstić information content (AvgIpc) is 2.61. The molecule has 25 heavy (non-hydrogen) atoms. The van der Waals surface area contributed by atoms with E-state index in [0.29, 0.717) is 6.42 Å². The number of aromatic amines is 1. The van der Waals surface area contributed by atoms with Crippen LogP contribution >= 0.6 is 0 Å². The minimum absolute atomic E-state index is 0.0326. The predicted molar refractivity (Wildman–Crippen MR) is 98.4 cm³/mol. The van der Waals surface area contributed by atoms with Crippen LogP contribution in [-0.2, 0) is 17.8 Å². The lowest BCUT2D eigenvalue weighted by molar-refractivity contribution is -0.136. The fourth-order valence-electron chi connectivity index (χ4n) is 3.27. The van der Waals surface area contributed by atoms with Crippen LogP contribution in [0.4, 0.5) is 0 Å². The van der Waals surface area contributed by atoms with Gasteiger partial charge in [0.25, 0.3) is 5.56 Å². The molecule has 0 saturated carbocycles. The SMILES string of the molecule is CCc1cc2ncc(CN3CCN(C(=O)C(C)C)CC3)cc2[nH]c1=O. The van der Waals surface area contributed by atoms with Crippen LogP contribution in [0.2, 0.25) is 0 Å². The number of rotatable bonds is 4. The molecule has 0 aromatic carbocycles. The van der Waals surface area contributed by atoms with Gasteiger partial charge in [-0.05, 0) is 24.1 Å². The number of aryl methyl sites for hydroxylation is 1. The van der Waals surface area contributed by atoms with Crippen LogP contribution in [-0.4, -0.2) is 51.9 Å². The van der Waals surface area contributed by atoms with Crippen molar-refractivity contribution in [2.24, 2.45) is 5.92 Å². The Hall–Kier alpha value is -2.21. The maximum atomic E-state index is 12.1. The van der Waals surface area contributed by atoms with Crippen LogP contribution in [0.5, 0.6) is 0 Å². The first-order chi connectivity index (χ1) is 12.0. The quantitative estimate of drug-likeness (QED) is 0.920. The number of hydrogen-bond acceptors (Lipinski definition) is 4. The second kappa shape index (κ2) is 7.35. The molecule has 3 rings (SSSR count). The van der Waals surface area contributed by atoms with E-state index in [1.54, 1.807) is 0 Å². The van der Waals surface area contributed by atoms with Crippen molar-refractivity contribution in [1.29, 1.82) is 0 Å². The minimum Gasteiger partial charge on any atom is -0.340 e. The van der Waals surface area contributed by atoms with Gasteiger partial charge in [0.2, 0.25) is 5.91 Å². The second-order valence-electron chi connectivity index (χ2n) is 7.01. The summed E-state index contributed by atoms with van der Waals surface area (Å²) in [4.78, 5) is 35.8. The highest BCUT2D eigenvalue weighted by Crippen LogP contribution is 2.14. The Labute approximate surface area is 147 Å². The molecular formula is C19H26N4O2. The van der Waals surface area contributed by atoms with Crippen LogP contribution in [0.15, 0.2) is 23.1 Å². The zero-order valence-corrected chi connectivity index (χ0v) is 15.2. The number of hydrogen-bond donors (Lipinski definition) is 1. The molecule has 0 bridgehead atoms. The summed E-state index contributed by atoms with van der Waals surface area (Å²) in [5.74, 6) is 0.289. The molecule has 1 aliphatic rings. The molecule has 2 aromatic heterocycles. The molecule has 1 fully saturated rings. The van der Waals surface area contributed by atoms with Gasteiger partial charge in [0, 0.05) is 50.4 Å². The number of carbonyl (C=O) groups is 1. The van der Waals surface area contributed by atoms with Crippen LogP contribution in [0.3, 0.4) is 0 Å². The molecule has 1 aliphatic heterocycles. The Bertz CT molecular complexity index is 820. The van der Waals surface area contributed by atoms with Gasteiger partial charge >= 0.3 is 0 Å². The average molecular weight is 342 g/mol. The molecule has 1 amide bonds. The van der Waals surface area contributed by atoms with Gasteiger partial charge < -0.3 is 9.88 Å². The minimum atomic E-state index is -0.0326. The number of nitrogens with one attached hydrogen (secondary N) is 1. The molecule has 2 aromatic rings. The molecule has 6 nitrogen and oxygen atoms in total. The lowest BCUT2D eigenvalue weighted by Gasteiger charge is -2.35. The van der Waals surface area contributed by atoms with Crippen molar-refractivity contribution >= 4 is 16.9 Å². The van der Waals surface area contributed by atoms with E-state index in [2.05, 4.69) is 14.9 Å². The standard InChI is InChI=1S/C19H26N4O2/c1-4-15-10-16-17(21-18(15)24)9-14(11-20-16)12-22-5-7-23(8-6-22)19(25)13(2)3/h9-11,13H,4-8,12H2,1-3H3,(H,21,24). The number of nitrogens with zero attached hydrogens (tertiary/aromatic N) is 3. The number of piperazine rings is 1. The summed E-state index contributed by atoms with van der Waals surface area (Å²) in [7, 11) is 0. The summed E-state index contributed by atoms with van der Waals surface area (Å²) in [5.41, 5.74) is 3.42. The maximum Gasteiger partial charge on any atom is 0.251 e. The van der Waals surface area contributed by atoms with E-state index in [-0.39, 0.29) is 17.4 Å². The van der Waals surface area contributed by atoms with Gasteiger partial charge in [-0.25, -0.2) is 0 Å². The molecule has 0 unspecified atom stereocenters. The largest absolute Gasteiger partial charge is 0.340 e. The molecular weight excluding hydrogens is 316 g/mol. The first-order valence-corrected chi connectivity index (χ1v) is 9.00. The fraction of sp³-hybridized carbons (Fsp3) is 0.526. The van der Waals surface area contributed by atoms with Crippen LogP contribution in [0, 0.1) is 5.92 Å². The second-order valence-corrected chi connectivity index (χ2v) is 7.01. The third-order valence-electron chi connectivity index (χ3n) is 4.79. The third kappa shape index (κ3) is 3.90. The summed E-state index contributed by atoms with van der Waals surface area (Å²) >= 11 is 0. The number of fused-ring (bicyclic) bond motifs is 1. The topological polar surface area (TPSA) is 69.3 Å². The zero-order valence-electron chi connectivity index (χ0n) is 15.2.